The number of hydrogen-bond acceptors (Lipinski definition) is 4. The molecule has 170 valence electrons. The molecule has 2 N–H and O–H groups in total. The van der Waals surface area contributed by atoms with Crippen LogP contribution < -0.4 is 10.6 Å². The fourth-order valence-electron chi connectivity index (χ4n) is 4.14. The summed E-state index contributed by atoms with van der Waals surface area (Å²) < 4.78 is 10.8. The van der Waals surface area contributed by atoms with E-state index in [1.54, 1.807) is 7.11 Å². The van der Waals surface area contributed by atoms with E-state index >= 15 is 0 Å². The van der Waals surface area contributed by atoms with E-state index in [1.165, 1.54) is 30.4 Å². The molecule has 1 aromatic rings. The van der Waals surface area contributed by atoms with Crippen molar-refractivity contribution in [3.63, 3.8) is 0 Å². The smallest absolute Gasteiger partial charge is 0.191 e. The van der Waals surface area contributed by atoms with Crippen LogP contribution in [0.4, 0.5) is 0 Å². The van der Waals surface area contributed by atoms with Gasteiger partial charge in [-0.2, -0.15) is 0 Å². The number of benzene rings is 1. The number of guanidine groups is 1. The SMILES string of the molecule is CCNC(=NCc1cccc(CN2CCOCC2)c1)NCC1(CCOC)CCC1.I. The van der Waals surface area contributed by atoms with E-state index in [1.807, 2.05) is 0 Å². The molecule has 0 amide bonds. The van der Waals surface area contributed by atoms with Crippen molar-refractivity contribution in [1.29, 1.82) is 0 Å². The largest absolute Gasteiger partial charge is 0.385 e. The molecule has 1 saturated carbocycles. The Morgan fingerprint density at radius 3 is 2.63 bits per heavy atom. The quantitative estimate of drug-likeness (QED) is 0.276. The summed E-state index contributed by atoms with van der Waals surface area (Å²) in [5.74, 6) is 0.912. The average molecular weight is 530 g/mol. The number of nitrogens with zero attached hydrogens (tertiary/aromatic N) is 2. The summed E-state index contributed by atoms with van der Waals surface area (Å²) >= 11 is 0. The second-order valence-corrected chi connectivity index (χ2v) is 8.35. The maximum Gasteiger partial charge on any atom is 0.191 e. The molecule has 1 aromatic carbocycles. The Kier molecular flexibility index (Phi) is 11.4. The van der Waals surface area contributed by atoms with Gasteiger partial charge in [-0.1, -0.05) is 30.7 Å². The van der Waals surface area contributed by atoms with Crippen molar-refractivity contribution < 1.29 is 9.47 Å². The molecule has 1 saturated heterocycles. The first-order chi connectivity index (χ1) is 14.2. The standard InChI is InChI=1S/C23H38N4O2.HI/c1-3-24-22(26-19-23(8-5-9-23)10-13-28-2)25-17-20-6-4-7-21(16-20)18-27-11-14-29-15-12-27;/h4,6-7,16H,3,5,8-15,17-19H2,1-2H3,(H2,24,25,26);1H. The van der Waals surface area contributed by atoms with Gasteiger partial charge in [0, 0.05) is 46.4 Å². The molecule has 1 heterocycles. The molecule has 2 aliphatic rings. The highest BCUT2D eigenvalue weighted by Crippen LogP contribution is 2.43. The zero-order valence-corrected chi connectivity index (χ0v) is 21.0. The van der Waals surface area contributed by atoms with Crippen LogP contribution in [0.5, 0.6) is 0 Å². The lowest BCUT2D eigenvalue weighted by molar-refractivity contribution is 0.0342. The van der Waals surface area contributed by atoms with Crippen molar-refractivity contribution in [2.75, 3.05) is 53.1 Å². The van der Waals surface area contributed by atoms with E-state index in [0.29, 0.717) is 12.0 Å². The van der Waals surface area contributed by atoms with Crippen molar-refractivity contribution in [3.05, 3.63) is 35.4 Å². The monoisotopic (exact) mass is 530 g/mol. The van der Waals surface area contributed by atoms with Gasteiger partial charge in [-0.15, -0.1) is 24.0 Å². The van der Waals surface area contributed by atoms with E-state index < -0.39 is 0 Å². The molecule has 3 rings (SSSR count). The van der Waals surface area contributed by atoms with E-state index in [4.69, 9.17) is 14.5 Å². The van der Waals surface area contributed by atoms with Crippen molar-refractivity contribution in [1.82, 2.24) is 15.5 Å². The number of hydrogen-bond donors (Lipinski definition) is 2. The minimum atomic E-state index is 0. The average Bonchev–Trinajstić information content (AvgIpc) is 2.72. The minimum absolute atomic E-state index is 0. The van der Waals surface area contributed by atoms with Crippen molar-refractivity contribution >= 4 is 29.9 Å². The zero-order chi connectivity index (χ0) is 20.4. The third-order valence-corrected chi connectivity index (χ3v) is 6.15. The number of morpholine rings is 1. The number of nitrogens with one attached hydrogen (secondary N) is 2. The van der Waals surface area contributed by atoms with Gasteiger partial charge in [-0.3, -0.25) is 4.90 Å². The fraction of sp³-hybridized carbons (Fsp3) is 0.696. The van der Waals surface area contributed by atoms with Gasteiger partial charge in [-0.05, 0) is 42.7 Å². The second kappa shape index (κ2) is 13.5. The van der Waals surface area contributed by atoms with Crippen LogP contribution in [0, 0.1) is 5.41 Å². The van der Waals surface area contributed by atoms with E-state index in [-0.39, 0.29) is 24.0 Å². The molecule has 30 heavy (non-hydrogen) atoms. The molecule has 0 atom stereocenters. The highest BCUT2D eigenvalue weighted by Gasteiger charge is 2.36. The van der Waals surface area contributed by atoms with Gasteiger partial charge < -0.3 is 20.1 Å². The minimum Gasteiger partial charge on any atom is -0.385 e. The molecule has 6 nitrogen and oxygen atoms in total. The molecule has 0 spiro atoms. The van der Waals surface area contributed by atoms with Crippen LogP contribution in [0.1, 0.15) is 43.7 Å². The number of aliphatic imine (C=N–C) groups is 1. The van der Waals surface area contributed by atoms with E-state index in [2.05, 4.69) is 46.7 Å². The van der Waals surface area contributed by atoms with Gasteiger partial charge in [0.2, 0.25) is 0 Å². The Labute approximate surface area is 199 Å². The Morgan fingerprint density at radius 2 is 1.97 bits per heavy atom. The van der Waals surface area contributed by atoms with Crippen LogP contribution in [-0.4, -0.2) is 64.0 Å². The van der Waals surface area contributed by atoms with Crippen LogP contribution in [0.25, 0.3) is 0 Å². The Balaban J connectivity index is 0.00000320. The summed E-state index contributed by atoms with van der Waals surface area (Å²) in [6.45, 7) is 10.2. The van der Waals surface area contributed by atoms with Gasteiger partial charge in [0.1, 0.15) is 0 Å². The van der Waals surface area contributed by atoms with E-state index in [0.717, 1.165) is 64.9 Å². The Hall–Kier alpha value is -0.900. The normalized spacial score (nSPS) is 18.9. The summed E-state index contributed by atoms with van der Waals surface area (Å²) in [4.78, 5) is 7.30. The molecule has 1 aliphatic heterocycles. The fourth-order valence-corrected chi connectivity index (χ4v) is 4.14. The Bertz CT molecular complexity index is 646. The maximum atomic E-state index is 5.45. The molecule has 0 bridgehead atoms. The third kappa shape index (κ3) is 7.98. The maximum absolute atomic E-state index is 5.45. The summed E-state index contributed by atoms with van der Waals surface area (Å²) in [5.41, 5.74) is 2.99. The first-order valence-electron chi connectivity index (χ1n) is 11.1. The topological polar surface area (TPSA) is 58.1 Å². The molecular weight excluding hydrogens is 491 g/mol. The van der Waals surface area contributed by atoms with Crippen molar-refractivity contribution in [3.8, 4) is 0 Å². The third-order valence-electron chi connectivity index (χ3n) is 6.15. The lowest BCUT2D eigenvalue weighted by Crippen LogP contribution is -2.46. The zero-order valence-electron chi connectivity index (χ0n) is 18.6. The molecule has 2 fully saturated rings. The number of ether oxygens (including phenoxy) is 2. The number of rotatable bonds is 10. The van der Waals surface area contributed by atoms with Crippen LogP contribution in [-0.2, 0) is 22.6 Å². The number of methoxy groups -OCH3 is 1. The highest BCUT2D eigenvalue weighted by atomic mass is 127. The van der Waals surface area contributed by atoms with Gasteiger partial charge in [0.15, 0.2) is 5.96 Å². The van der Waals surface area contributed by atoms with Gasteiger partial charge in [-0.25, -0.2) is 4.99 Å². The first kappa shape index (κ1) is 25.4. The highest BCUT2D eigenvalue weighted by molar-refractivity contribution is 14.0. The van der Waals surface area contributed by atoms with Crippen LogP contribution in [0.3, 0.4) is 0 Å². The predicted octanol–water partition coefficient (Wildman–Crippen LogP) is 3.40. The summed E-state index contributed by atoms with van der Waals surface area (Å²) in [7, 11) is 1.79. The molecule has 7 heteroatoms. The molecule has 0 aromatic heterocycles. The summed E-state index contributed by atoms with van der Waals surface area (Å²) in [5, 5.41) is 6.98. The van der Waals surface area contributed by atoms with Crippen LogP contribution >= 0.6 is 24.0 Å². The molecule has 1 aliphatic carbocycles. The number of halogens is 1. The van der Waals surface area contributed by atoms with Gasteiger partial charge in [0.25, 0.3) is 0 Å². The summed E-state index contributed by atoms with van der Waals surface area (Å²) in [6.07, 6.45) is 5.02. The van der Waals surface area contributed by atoms with E-state index in [9.17, 15) is 0 Å². The lowest BCUT2D eigenvalue weighted by Gasteiger charge is -2.42. The van der Waals surface area contributed by atoms with Gasteiger partial charge >= 0.3 is 0 Å². The van der Waals surface area contributed by atoms with Crippen LogP contribution in [0.2, 0.25) is 0 Å². The van der Waals surface area contributed by atoms with Gasteiger partial charge in [0.05, 0.1) is 19.8 Å². The molecule has 0 unspecified atom stereocenters. The lowest BCUT2D eigenvalue weighted by atomic mass is 9.67. The summed E-state index contributed by atoms with van der Waals surface area (Å²) in [6, 6.07) is 8.81. The van der Waals surface area contributed by atoms with Crippen LogP contribution in [0.15, 0.2) is 29.3 Å². The van der Waals surface area contributed by atoms with Crippen molar-refractivity contribution in [2.45, 2.75) is 45.7 Å². The van der Waals surface area contributed by atoms with Crippen molar-refractivity contribution in [2.24, 2.45) is 10.4 Å². The predicted molar refractivity (Wildman–Crippen MR) is 134 cm³/mol. The first-order valence-corrected chi connectivity index (χ1v) is 11.1. The molecule has 0 radical (unpaired) electrons. The Morgan fingerprint density at radius 1 is 1.20 bits per heavy atom. The molecular formula is C23H39IN4O2. The second-order valence-electron chi connectivity index (χ2n) is 8.35.